The molecule has 0 bridgehead atoms. The zero-order valence-electron chi connectivity index (χ0n) is 10.2. The Morgan fingerprint density at radius 1 is 1.45 bits per heavy atom. The molecule has 3 aromatic heterocycles. The third-order valence-electron chi connectivity index (χ3n) is 2.56. The van der Waals surface area contributed by atoms with E-state index in [1.54, 1.807) is 17.5 Å². The number of carboxylic acids is 1. The Labute approximate surface area is 117 Å². The van der Waals surface area contributed by atoms with Gasteiger partial charge in [0.25, 0.3) is 0 Å². The Morgan fingerprint density at radius 2 is 2.35 bits per heavy atom. The van der Waals surface area contributed by atoms with Crippen LogP contribution in [0.15, 0.2) is 24.0 Å². The van der Waals surface area contributed by atoms with Crippen molar-refractivity contribution in [2.24, 2.45) is 0 Å². The maximum Gasteiger partial charge on any atom is 0.325 e. The summed E-state index contributed by atoms with van der Waals surface area (Å²) >= 11 is 1.56. The van der Waals surface area contributed by atoms with Crippen molar-refractivity contribution in [3.8, 4) is 0 Å². The van der Waals surface area contributed by atoms with E-state index in [1.165, 1.54) is 11.0 Å². The van der Waals surface area contributed by atoms with Gasteiger partial charge >= 0.3 is 5.97 Å². The first-order chi connectivity index (χ1) is 9.72. The molecule has 2 N–H and O–H groups in total. The van der Waals surface area contributed by atoms with Gasteiger partial charge in [0.1, 0.15) is 24.4 Å². The number of aromatic nitrogens is 5. The molecule has 0 fully saturated rings. The third kappa shape index (κ3) is 2.57. The minimum Gasteiger partial charge on any atom is -0.480 e. The van der Waals surface area contributed by atoms with Crippen molar-refractivity contribution in [3.63, 3.8) is 0 Å². The molecule has 0 aromatic carbocycles. The molecule has 0 radical (unpaired) electrons. The van der Waals surface area contributed by atoms with Gasteiger partial charge in [0.15, 0.2) is 0 Å². The summed E-state index contributed by atoms with van der Waals surface area (Å²) in [5, 5.41) is 21.4. The Bertz CT molecular complexity index is 752. The zero-order valence-corrected chi connectivity index (χ0v) is 11.0. The molecule has 9 heteroatoms. The highest BCUT2D eigenvalue weighted by atomic mass is 32.1. The van der Waals surface area contributed by atoms with Gasteiger partial charge < -0.3 is 10.4 Å². The molecule has 0 atom stereocenters. The molecule has 8 nitrogen and oxygen atoms in total. The number of hydrogen-bond acceptors (Lipinski definition) is 7. The lowest BCUT2D eigenvalue weighted by atomic mass is 10.4. The van der Waals surface area contributed by atoms with Crippen LogP contribution in [0.2, 0.25) is 0 Å². The van der Waals surface area contributed by atoms with E-state index in [1.807, 2.05) is 11.4 Å². The third-order valence-corrected chi connectivity index (χ3v) is 3.47. The fourth-order valence-electron chi connectivity index (χ4n) is 1.72. The van der Waals surface area contributed by atoms with Crippen LogP contribution in [0.5, 0.6) is 0 Å². The summed E-state index contributed by atoms with van der Waals surface area (Å²) in [4.78, 5) is 18.9. The number of aliphatic carboxylic acids is 1. The fourth-order valence-corrected chi connectivity index (χ4v) is 2.54. The van der Waals surface area contributed by atoms with E-state index < -0.39 is 5.97 Å². The summed E-state index contributed by atoms with van der Waals surface area (Å²) < 4.78 is 2.26. The minimum atomic E-state index is -0.953. The molecule has 0 aliphatic carbocycles. The maximum atomic E-state index is 10.6. The first-order valence-electron chi connectivity index (χ1n) is 5.75. The van der Waals surface area contributed by atoms with E-state index in [0.717, 1.165) is 16.0 Å². The van der Waals surface area contributed by atoms with Crippen molar-refractivity contribution in [3.05, 3.63) is 29.7 Å². The summed E-state index contributed by atoms with van der Waals surface area (Å²) in [5.41, 5.74) is 1.54. The topological polar surface area (TPSA) is 106 Å². The molecular weight excluding hydrogens is 280 g/mol. The van der Waals surface area contributed by atoms with Crippen LogP contribution >= 0.6 is 11.3 Å². The van der Waals surface area contributed by atoms with Crippen molar-refractivity contribution in [1.82, 2.24) is 25.0 Å². The molecule has 0 amide bonds. The number of rotatable bonds is 5. The number of thiophene rings is 1. The SMILES string of the molecule is O=C(O)Cn1cc(CNc2ncnc3ccsc23)nn1. The van der Waals surface area contributed by atoms with Crippen molar-refractivity contribution in [2.45, 2.75) is 13.1 Å². The smallest absolute Gasteiger partial charge is 0.325 e. The summed E-state index contributed by atoms with van der Waals surface area (Å²) in [5.74, 6) is -0.219. The minimum absolute atomic E-state index is 0.199. The van der Waals surface area contributed by atoms with E-state index in [4.69, 9.17) is 5.11 Å². The lowest BCUT2D eigenvalue weighted by Crippen LogP contribution is -2.09. The Morgan fingerprint density at radius 3 is 3.20 bits per heavy atom. The number of carbonyl (C=O) groups is 1. The van der Waals surface area contributed by atoms with Gasteiger partial charge in [0.2, 0.25) is 0 Å². The number of nitrogens with zero attached hydrogens (tertiary/aromatic N) is 5. The van der Waals surface area contributed by atoms with Crippen LogP contribution in [0.1, 0.15) is 5.69 Å². The molecule has 3 aromatic rings. The number of carboxylic acid groups (broad SMARTS) is 1. The first kappa shape index (κ1) is 12.5. The van der Waals surface area contributed by atoms with Gasteiger partial charge in [-0.15, -0.1) is 16.4 Å². The van der Waals surface area contributed by atoms with Gasteiger partial charge in [0.05, 0.1) is 23.0 Å². The second-order valence-electron chi connectivity index (χ2n) is 4.01. The monoisotopic (exact) mass is 290 g/mol. The Kier molecular flexibility index (Phi) is 3.25. The average Bonchev–Trinajstić information content (AvgIpc) is 3.04. The standard InChI is InChI=1S/C11H10N6O2S/c18-9(19)5-17-4-7(15-16-17)3-12-11-10-8(1-2-20-10)13-6-14-11/h1-2,4,6H,3,5H2,(H,18,19)(H,12,13,14). The molecule has 3 heterocycles. The molecule has 0 aliphatic heterocycles. The van der Waals surface area contributed by atoms with Gasteiger partial charge in [0, 0.05) is 0 Å². The Hall–Kier alpha value is -2.55. The van der Waals surface area contributed by atoms with E-state index in [0.29, 0.717) is 12.2 Å². The molecule has 0 saturated heterocycles. The fraction of sp³-hybridized carbons (Fsp3) is 0.182. The second kappa shape index (κ2) is 5.21. The lowest BCUT2D eigenvalue weighted by Gasteiger charge is -2.03. The van der Waals surface area contributed by atoms with E-state index in [-0.39, 0.29) is 6.54 Å². The van der Waals surface area contributed by atoms with Crippen molar-refractivity contribution < 1.29 is 9.90 Å². The Balaban J connectivity index is 1.71. The van der Waals surface area contributed by atoms with Gasteiger partial charge in [-0.2, -0.15) is 0 Å². The van der Waals surface area contributed by atoms with Gasteiger partial charge in [-0.25, -0.2) is 14.6 Å². The highest BCUT2D eigenvalue weighted by Gasteiger charge is 2.07. The van der Waals surface area contributed by atoms with Gasteiger partial charge in [-0.1, -0.05) is 5.21 Å². The van der Waals surface area contributed by atoms with Crippen LogP contribution in [-0.2, 0) is 17.9 Å². The molecule has 0 spiro atoms. The van der Waals surface area contributed by atoms with Crippen molar-refractivity contribution in [2.75, 3.05) is 5.32 Å². The molecule has 0 aliphatic rings. The van der Waals surface area contributed by atoms with Crippen LogP contribution in [-0.4, -0.2) is 36.0 Å². The average molecular weight is 290 g/mol. The molecule has 0 unspecified atom stereocenters. The number of fused-ring (bicyclic) bond motifs is 1. The van der Waals surface area contributed by atoms with Crippen LogP contribution in [0.3, 0.4) is 0 Å². The van der Waals surface area contributed by atoms with Crippen LogP contribution in [0.4, 0.5) is 5.82 Å². The van der Waals surface area contributed by atoms with Gasteiger partial charge in [-0.3, -0.25) is 4.79 Å². The van der Waals surface area contributed by atoms with Crippen LogP contribution in [0, 0.1) is 0 Å². The van der Waals surface area contributed by atoms with Crippen molar-refractivity contribution in [1.29, 1.82) is 0 Å². The normalized spacial score (nSPS) is 10.8. The molecule has 20 heavy (non-hydrogen) atoms. The van der Waals surface area contributed by atoms with Crippen LogP contribution < -0.4 is 5.32 Å². The highest BCUT2D eigenvalue weighted by molar-refractivity contribution is 7.17. The molecular formula is C11H10N6O2S. The quantitative estimate of drug-likeness (QED) is 0.721. The maximum absolute atomic E-state index is 10.6. The summed E-state index contributed by atoms with van der Waals surface area (Å²) in [6.07, 6.45) is 3.09. The molecule has 102 valence electrons. The van der Waals surface area contributed by atoms with E-state index >= 15 is 0 Å². The predicted molar refractivity (Wildman–Crippen MR) is 72.4 cm³/mol. The zero-order chi connectivity index (χ0) is 13.9. The second-order valence-corrected chi connectivity index (χ2v) is 4.93. The number of hydrogen-bond donors (Lipinski definition) is 2. The number of nitrogens with one attached hydrogen (secondary N) is 1. The van der Waals surface area contributed by atoms with E-state index in [9.17, 15) is 4.79 Å². The molecule has 3 rings (SSSR count). The molecule has 0 saturated carbocycles. The number of anilines is 1. The predicted octanol–water partition coefficient (Wildman–Crippen LogP) is 0.979. The van der Waals surface area contributed by atoms with Gasteiger partial charge in [-0.05, 0) is 11.4 Å². The largest absolute Gasteiger partial charge is 0.480 e. The lowest BCUT2D eigenvalue weighted by molar-refractivity contribution is -0.137. The highest BCUT2D eigenvalue weighted by Crippen LogP contribution is 2.24. The van der Waals surface area contributed by atoms with Crippen LogP contribution in [0.25, 0.3) is 10.2 Å². The summed E-state index contributed by atoms with van der Waals surface area (Å²) in [6.45, 7) is 0.222. The van der Waals surface area contributed by atoms with Crippen molar-refractivity contribution >= 4 is 33.3 Å². The summed E-state index contributed by atoms with van der Waals surface area (Å²) in [6, 6.07) is 1.93. The summed E-state index contributed by atoms with van der Waals surface area (Å²) in [7, 11) is 0. The van der Waals surface area contributed by atoms with E-state index in [2.05, 4.69) is 25.6 Å². The first-order valence-corrected chi connectivity index (χ1v) is 6.63.